The molecule has 0 aromatic heterocycles. The lowest BCUT2D eigenvalue weighted by molar-refractivity contribution is 0.975. The maximum Gasteiger partial charge on any atom is 0.0622 e. The predicted octanol–water partition coefficient (Wildman–Crippen LogP) is 13.8. The van der Waals surface area contributed by atoms with E-state index in [1.807, 2.05) is 6.08 Å². The third-order valence-electron chi connectivity index (χ3n) is 9.93. The SMILES string of the molecule is C=Cc1cc(-c2ccc(-c3ccc(-c4ccccc4)cc3)cc2)ccc1-c1c(C)cccc1C(C)=N/C(=C/C)C1=CC=C(c2ccccc2)CC1. The average molecular weight is 658 g/mol. The molecule has 51 heavy (non-hydrogen) atoms. The van der Waals surface area contributed by atoms with E-state index in [1.54, 1.807) is 0 Å². The molecule has 0 amide bonds. The molecule has 0 atom stereocenters. The Balaban J connectivity index is 1.15. The molecule has 0 saturated heterocycles. The summed E-state index contributed by atoms with van der Waals surface area (Å²) in [5.41, 5.74) is 19.1. The Hall–Kier alpha value is -6.05. The number of benzene rings is 6. The van der Waals surface area contributed by atoms with E-state index >= 15 is 0 Å². The van der Waals surface area contributed by atoms with Crippen molar-refractivity contribution >= 4 is 17.4 Å². The predicted molar refractivity (Wildman–Crippen MR) is 221 cm³/mol. The molecular formula is C50H43N. The van der Waals surface area contributed by atoms with Gasteiger partial charge in [0.2, 0.25) is 0 Å². The number of rotatable bonds is 9. The van der Waals surface area contributed by atoms with E-state index in [2.05, 4.69) is 191 Å². The highest BCUT2D eigenvalue weighted by molar-refractivity contribution is 6.06. The fourth-order valence-electron chi connectivity index (χ4n) is 7.11. The molecule has 0 aliphatic heterocycles. The van der Waals surface area contributed by atoms with Gasteiger partial charge < -0.3 is 0 Å². The highest BCUT2D eigenvalue weighted by Gasteiger charge is 2.16. The lowest BCUT2D eigenvalue weighted by Gasteiger charge is -2.18. The average Bonchev–Trinajstić information content (AvgIpc) is 3.20. The number of hydrogen-bond acceptors (Lipinski definition) is 1. The van der Waals surface area contributed by atoms with Crippen LogP contribution in [0, 0.1) is 6.92 Å². The third kappa shape index (κ3) is 7.30. The van der Waals surface area contributed by atoms with E-state index in [9.17, 15) is 0 Å². The first-order chi connectivity index (χ1) is 25.0. The number of aryl methyl sites for hydroxylation is 1. The molecule has 248 valence electrons. The topological polar surface area (TPSA) is 12.4 Å². The largest absolute Gasteiger partial charge is 0.253 e. The summed E-state index contributed by atoms with van der Waals surface area (Å²) in [4.78, 5) is 5.24. The monoisotopic (exact) mass is 657 g/mol. The Morgan fingerprint density at radius 3 is 1.69 bits per heavy atom. The third-order valence-corrected chi connectivity index (χ3v) is 9.93. The van der Waals surface area contributed by atoms with Crippen LogP contribution < -0.4 is 0 Å². The molecule has 6 aromatic carbocycles. The molecule has 7 rings (SSSR count). The Morgan fingerprint density at radius 2 is 1.14 bits per heavy atom. The molecule has 0 fully saturated rings. The molecule has 1 aliphatic carbocycles. The summed E-state index contributed by atoms with van der Waals surface area (Å²) in [6, 6.07) is 52.1. The zero-order valence-corrected chi connectivity index (χ0v) is 29.7. The minimum atomic E-state index is 0.974. The van der Waals surface area contributed by atoms with Gasteiger partial charge in [0, 0.05) is 11.3 Å². The van der Waals surface area contributed by atoms with E-state index in [4.69, 9.17) is 4.99 Å². The smallest absolute Gasteiger partial charge is 0.0622 e. The van der Waals surface area contributed by atoms with Crippen molar-refractivity contribution in [3.63, 3.8) is 0 Å². The minimum Gasteiger partial charge on any atom is -0.253 e. The first-order valence-electron chi connectivity index (χ1n) is 17.8. The highest BCUT2D eigenvalue weighted by Crippen LogP contribution is 2.36. The van der Waals surface area contributed by atoms with Gasteiger partial charge in [-0.05, 0) is 112 Å². The molecule has 0 unspecified atom stereocenters. The van der Waals surface area contributed by atoms with Gasteiger partial charge in [-0.25, -0.2) is 0 Å². The number of hydrogen-bond donors (Lipinski definition) is 0. The van der Waals surface area contributed by atoms with Gasteiger partial charge in [-0.1, -0.05) is 170 Å². The quantitative estimate of drug-likeness (QED) is 0.137. The van der Waals surface area contributed by atoms with Crippen molar-refractivity contribution in [2.45, 2.75) is 33.6 Å². The molecule has 0 heterocycles. The van der Waals surface area contributed by atoms with Crippen molar-refractivity contribution in [3.05, 3.63) is 204 Å². The van der Waals surface area contributed by atoms with Crippen LogP contribution in [-0.2, 0) is 0 Å². The lowest BCUT2D eigenvalue weighted by atomic mass is 9.88. The molecule has 1 aliphatic rings. The molecular weight excluding hydrogens is 615 g/mol. The van der Waals surface area contributed by atoms with Crippen LogP contribution in [0.25, 0.3) is 56.2 Å². The van der Waals surface area contributed by atoms with E-state index in [0.717, 1.165) is 35.4 Å². The second-order valence-corrected chi connectivity index (χ2v) is 13.1. The first-order valence-corrected chi connectivity index (χ1v) is 17.8. The summed E-state index contributed by atoms with van der Waals surface area (Å²) in [5.74, 6) is 0. The van der Waals surface area contributed by atoms with Gasteiger partial charge in [0.05, 0.1) is 5.70 Å². The highest BCUT2D eigenvalue weighted by atomic mass is 14.8. The summed E-state index contributed by atoms with van der Waals surface area (Å²) in [6.45, 7) is 10.6. The number of nitrogens with zero attached hydrogens (tertiary/aromatic N) is 1. The van der Waals surface area contributed by atoms with Gasteiger partial charge >= 0.3 is 0 Å². The number of allylic oxidation sites excluding steroid dienone is 5. The minimum absolute atomic E-state index is 0.974. The first kappa shape index (κ1) is 33.4. The van der Waals surface area contributed by atoms with Crippen molar-refractivity contribution in [3.8, 4) is 44.5 Å². The molecule has 6 aromatic rings. The fourth-order valence-corrected chi connectivity index (χ4v) is 7.11. The van der Waals surface area contributed by atoms with Crippen molar-refractivity contribution in [1.82, 2.24) is 0 Å². The van der Waals surface area contributed by atoms with Gasteiger partial charge in [0.25, 0.3) is 0 Å². The van der Waals surface area contributed by atoms with Gasteiger partial charge in [-0.2, -0.15) is 0 Å². The van der Waals surface area contributed by atoms with Crippen LogP contribution in [0.2, 0.25) is 0 Å². The molecule has 0 N–H and O–H groups in total. The summed E-state index contributed by atoms with van der Waals surface area (Å²) in [5, 5.41) is 0. The van der Waals surface area contributed by atoms with Crippen molar-refractivity contribution in [2.75, 3.05) is 0 Å². The Bertz CT molecular complexity index is 2300. The van der Waals surface area contributed by atoms with E-state index in [0.29, 0.717) is 0 Å². The van der Waals surface area contributed by atoms with Crippen LogP contribution in [0.1, 0.15) is 48.9 Å². The van der Waals surface area contributed by atoms with Crippen molar-refractivity contribution in [2.24, 2.45) is 4.99 Å². The van der Waals surface area contributed by atoms with Gasteiger partial charge in [-0.3, -0.25) is 4.99 Å². The second kappa shape index (κ2) is 15.2. The van der Waals surface area contributed by atoms with Crippen LogP contribution >= 0.6 is 0 Å². The van der Waals surface area contributed by atoms with E-state index in [-0.39, 0.29) is 0 Å². The molecule has 1 heteroatoms. The van der Waals surface area contributed by atoms with Gasteiger partial charge in [0.15, 0.2) is 0 Å². The van der Waals surface area contributed by atoms with Crippen molar-refractivity contribution in [1.29, 1.82) is 0 Å². The van der Waals surface area contributed by atoms with Gasteiger partial charge in [0.1, 0.15) is 0 Å². The molecule has 0 spiro atoms. The zero-order valence-electron chi connectivity index (χ0n) is 29.7. The van der Waals surface area contributed by atoms with Crippen LogP contribution in [0.5, 0.6) is 0 Å². The van der Waals surface area contributed by atoms with Gasteiger partial charge in [-0.15, -0.1) is 0 Å². The normalized spacial score (nSPS) is 13.4. The summed E-state index contributed by atoms with van der Waals surface area (Å²) in [7, 11) is 0. The van der Waals surface area contributed by atoms with Crippen LogP contribution in [0.4, 0.5) is 0 Å². The molecule has 0 radical (unpaired) electrons. The van der Waals surface area contributed by atoms with Crippen LogP contribution in [0.3, 0.4) is 0 Å². The summed E-state index contributed by atoms with van der Waals surface area (Å²) < 4.78 is 0. The summed E-state index contributed by atoms with van der Waals surface area (Å²) >= 11 is 0. The summed E-state index contributed by atoms with van der Waals surface area (Å²) in [6.07, 6.45) is 10.6. The Labute approximate surface area is 303 Å². The number of aliphatic imine (C=N–C) groups is 1. The van der Waals surface area contributed by atoms with Crippen LogP contribution in [0.15, 0.2) is 187 Å². The maximum atomic E-state index is 5.24. The van der Waals surface area contributed by atoms with Crippen molar-refractivity contribution < 1.29 is 0 Å². The molecule has 0 saturated carbocycles. The fraction of sp³-hybridized carbons (Fsp3) is 0.100. The lowest BCUT2D eigenvalue weighted by Crippen LogP contribution is -2.03. The molecule has 0 bridgehead atoms. The maximum absolute atomic E-state index is 5.24. The zero-order chi connectivity index (χ0) is 35.2. The van der Waals surface area contributed by atoms with E-state index in [1.165, 1.54) is 66.8 Å². The van der Waals surface area contributed by atoms with E-state index < -0.39 is 0 Å². The standard InChI is InChI=1S/C50H43N/c1-5-37-34-46(44-26-24-43(25-27-44)42-22-20-40(21-23-42)38-15-9-7-10-16-38)32-33-48(37)50-35(3)14-13-19-47(50)36(4)51-49(6-2)45-30-28-41(29-31-45)39-17-11-8-12-18-39/h5-28,30,32-34H,1,29,31H2,2-4H3/b49-6+,51-36?. The Morgan fingerprint density at radius 1 is 0.588 bits per heavy atom. The van der Waals surface area contributed by atoms with Crippen LogP contribution in [-0.4, -0.2) is 5.71 Å². The second-order valence-electron chi connectivity index (χ2n) is 13.1. The Kier molecular flexibility index (Phi) is 9.99. The molecule has 1 nitrogen and oxygen atoms in total.